The Morgan fingerprint density at radius 2 is 1.52 bits per heavy atom. The van der Waals surface area contributed by atoms with E-state index < -0.39 is 6.04 Å². The number of rotatable bonds is 9. The number of halogens is 1. The van der Waals surface area contributed by atoms with Crippen LogP contribution in [0.25, 0.3) is 22.5 Å². The minimum absolute atomic E-state index is 0. The summed E-state index contributed by atoms with van der Waals surface area (Å²) >= 11 is 0. The molecule has 0 saturated heterocycles. The van der Waals surface area contributed by atoms with Crippen LogP contribution in [0.1, 0.15) is 13.3 Å². The van der Waals surface area contributed by atoms with Crippen LogP contribution < -0.4 is 30.0 Å². The van der Waals surface area contributed by atoms with Gasteiger partial charge in [-0.2, -0.15) is 15.4 Å². The zero-order valence-electron chi connectivity index (χ0n) is 19.1. The molecular weight excluding hydrogens is 450 g/mol. The Morgan fingerprint density at radius 1 is 0.939 bits per heavy atom. The summed E-state index contributed by atoms with van der Waals surface area (Å²) in [5.74, 6) is 1.67. The van der Waals surface area contributed by atoms with Crippen LogP contribution in [-0.2, 0) is 4.79 Å². The molecule has 1 heterocycles. The standard InChI is InChI=1S/C22H27N5O5.ClH/c1-6-14(23)22(28)24-15-9-12(7-8-16(15)29-2)19-20(26-27-25-19)13-10-17(30-3)21(32-5)18(11-13)31-4;/h7-11,14H,6,23H2,1-5H3,(H,24,28)(H,25,26,27);1H. The highest BCUT2D eigenvalue weighted by molar-refractivity contribution is 5.97. The predicted molar refractivity (Wildman–Crippen MR) is 128 cm³/mol. The molecule has 0 radical (unpaired) electrons. The summed E-state index contributed by atoms with van der Waals surface area (Å²) in [5.41, 5.74) is 8.89. The molecule has 10 nitrogen and oxygen atoms in total. The van der Waals surface area contributed by atoms with Gasteiger partial charge in [-0.05, 0) is 36.8 Å². The number of ether oxygens (including phenoxy) is 4. The lowest BCUT2D eigenvalue weighted by atomic mass is 10.0. The smallest absolute Gasteiger partial charge is 0.241 e. The fraction of sp³-hybridized carbons (Fsp3) is 0.318. The summed E-state index contributed by atoms with van der Waals surface area (Å²) in [5, 5.41) is 14.1. The van der Waals surface area contributed by atoms with E-state index in [2.05, 4.69) is 20.7 Å². The number of nitrogens with two attached hydrogens (primary N) is 1. The SMILES string of the molecule is CCC(N)C(=O)Nc1cc(-c2n[nH]nc2-c2cc(OC)c(OC)c(OC)c2)ccc1OC.Cl. The van der Waals surface area contributed by atoms with E-state index in [0.717, 1.165) is 0 Å². The van der Waals surface area contributed by atoms with Crippen molar-refractivity contribution in [3.8, 4) is 45.5 Å². The van der Waals surface area contributed by atoms with Crippen LogP contribution in [0.4, 0.5) is 5.69 Å². The third-order valence-corrected chi connectivity index (χ3v) is 4.99. The molecule has 1 aromatic heterocycles. The first-order valence-corrected chi connectivity index (χ1v) is 9.93. The molecule has 11 heteroatoms. The molecule has 0 saturated carbocycles. The Morgan fingerprint density at radius 3 is 2.03 bits per heavy atom. The molecule has 3 rings (SSSR count). The van der Waals surface area contributed by atoms with Crippen molar-refractivity contribution in [2.24, 2.45) is 5.73 Å². The number of carbonyl (C=O) groups excluding carboxylic acids is 1. The number of hydrogen-bond donors (Lipinski definition) is 3. The van der Waals surface area contributed by atoms with Gasteiger partial charge in [-0.3, -0.25) is 4.79 Å². The van der Waals surface area contributed by atoms with Crippen LogP contribution in [-0.4, -0.2) is 55.8 Å². The average molecular weight is 478 g/mol. The van der Waals surface area contributed by atoms with E-state index in [-0.39, 0.29) is 18.3 Å². The summed E-state index contributed by atoms with van der Waals surface area (Å²) in [7, 11) is 6.16. The fourth-order valence-corrected chi connectivity index (χ4v) is 3.22. The number of carbonyl (C=O) groups is 1. The van der Waals surface area contributed by atoms with Gasteiger partial charge in [0.2, 0.25) is 11.7 Å². The van der Waals surface area contributed by atoms with Crippen molar-refractivity contribution in [2.45, 2.75) is 19.4 Å². The molecule has 0 fully saturated rings. The highest BCUT2D eigenvalue weighted by atomic mass is 35.5. The second kappa shape index (κ2) is 11.4. The number of aromatic nitrogens is 3. The largest absolute Gasteiger partial charge is 0.495 e. The van der Waals surface area contributed by atoms with Crippen molar-refractivity contribution < 1.29 is 23.7 Å². The molecule has 0 bridgehead atoms. The van der Waals surface area contributed by atoms with E-state index in [1.165, 1.54) is 7.11 Å². The molecule has 4 N–H and O–H groups in total. The van der Waals surface area contributed by atoms with Crippen LogP contribution in [0.15, 0.2) is 30.3 Å². The summed E-state index contributed by atoms with van der Waals surface area (Å²) in [4.78, 5) is 12.3. The van der Waals surface area contributed by atoms with Gasteiger partial charge in [-0.1, -0.05) is 6.92 Å². The minimum Gasteiger partial charge on any atom is -0.495 e. The van der Waals surface area contributed by atoms with Crippen molar-refractivity contribution in [3.05, 3.63) is 30.3 Å². The average Bonchev–Trinajstić information content (AvgIpc) is 3.32. The monoisotopic (exact) mass is 477 g/mol. The van der Waals surface area contributed by atoms with Crippen LogP contribution >= 0.6 is 12.4 Å². The maximum absolute atomic E-state index is 12.3. The van der Waals surface area contributed by atoms with Gasteiger partial charge in [-0.15, -0.1) is 12.4 Å². The molecule has 1 amide bonds. The van der Waals surface area contributed by atoms with Crippen LogP contribution in [0.3, 0.4) is 0 Å². The van der Waals surface area contributed by atoms with E-state index in [4.69, 9.17) is 24.7 Å². The van der Waals surface area contributed by atoms with Gasteiger partial charge in [-0.25, -0.2) is 0 Å². The van der Waals surface area contributed by atoms with Crippen molar-refractivity contribution in [1.82, 2.24) is 15.4 Å². The van der Waals surface area contributed by atoms with Crippen molar-refractivity contribution in [2.75, 3.05) is 33.8 Å². The second-order valence-electron chi connectivity index (χ2n) is 6.85. The second-order valence-corrected chi connectivity index (χ2v) is 6.85. The quantitative estimate of drug-likeness (QED) is 0.427. The molecule has 2 aromatic carbocycles. The van der Waals surface area contributed by atoms with Crippen LogP contribution in [0.5, 0.6) is 23.0 Å². The lowest BCUT2D eigenvalue weighted by Crippen LogP contribution is -2.34. The van der Waals surface area contributed by atoms with E-state index >= 15 is 0 Å². The first kappa shape index (κ1) is 25.8. The molecule has 0 spiro atoms. The maximum Gasteiger partial charge on any atom is 0.241 e. The highest BCUT2D eigenvalue weighted by Crippen LogP contribution is 2.42. The number of nitrogens with one attached hydrogen (secondary N) is 2. The molecule has 1 unspecified atom stereocenters. The van der Waals surface area contributed by atoms with Gasteiger partial charge in [0.05, 0.1) is 40.2 Å². The molecule has 0 aliphatic heterocycles. The number of aromatic amines is 1. The first-order chi connectivity index (χ1) is 15.5. The summed E-state index contributed by atoms with van der Waals surface area (Å²) in [6, 6.07) is 8.29. The summed E-state index contributed by atoms with van der Waals surface area (Å²) in [6.07, 6.45) is 0.516. The molecule has 33 heavy (non-hydrogen) atoms. The normalized spacial score (nSPS) is 11.2. The van der Waals surface area contributed by atoms with Gasteiger partial charge < -0.3 is 30.0 Å². The molecule has 1 atom stereocenters. The van der Waals surface area contributed by atoms with Gasteiger partial charge in [0, 0.05) is 11.1 Å². The van der Waals surface area contributed by atoms with Crippen molar-refractivity contribution in [3.63, 3.8) is 0 Å². The Labute approximate surface area is 198 Å². The Balaban J connectivity index is 0.00000385. The highest BCUT2D eigenvalue weighted by Gasteiger charge is 2.20. The summed E-state index contributed by atoms with van der Waals surface area (Å²) in [6.45, 7) is 1.84. The number of amides is 1. The lowest BCUT2D eigenvalue weighted by Gasteiger charge is -2.15. The van der Waals surface area contributed by atoms with Gasteiger partial charge >= 0.3 is 0 Å². The van der Waals surface area contributed by atoms with E-state index in [9.17, 15) is 4.79 Å². The van der Waals surface area contributed by atoms with Gasteiger partial charge in [0.15, 0.2) is 11.5 Å². The fourth-order valence-electron chi connectivity index (χ4n) is 3.22. The molecular formula is C22H28ClN5O5. The predicted octanol–water partition coefficient (Wildman–Crippen LogP) is 3.27. The number of hydrogen-bond acceptors (Lipinski definition) is 8. The molecule has 3 aromatic rings. The Bertz CT molecular complexity index is 1080. The number of nitrogens with zero attached hydrogens (tertiary/aromatic N) is 2. The Hall–Kier alpha value is -3.50. The molecule has 0 aliphatic rings. The molecule has 178 valence electrons. The van der Waals surface area contributed by atoms with Gasteiger partial charge in [0.1, 0.15) is 17.1 Å². The van der Waals surface area contributed by atoms with Crippen molar-refractivity contribution in [1.29, 1.82) is 0 Å². The third-order valence-electron chi connectivity index (χ3n) is 4.99. The number of methoxy groups -OCH3 is 4. The number of benzene rings is 2. The number of H-pyrrole nitrogens is 1. The zero-order valence-corrected chi connectivity index (χ0v) is 19.9. The van der Waals surface area contributed by atoms with E-state index in [1.54, 1.807) is 45.6 Å². The number of anilines is 1. The topological polar surface area (TPSA) is 134 Å². The minimum atomic E-state index is -0.620. The zero-order chi connectivity index (χ0) is 23.3. The maximum atomic E-state index is 12.3. The summed E-state index contributed by atoms with van der Waals surface area (Å²) < 4.78 is 21.7. The van der Waals surface area contributed by atoms with Crippen molar-refractivity contribution >= 4 is 24.0 Å². The van der Waals surface area contributed by atoms with Crippen LogP contribution in [0.2, 0.25) is 0 Å². The van der Waals surface area contributed by atoms with Crippen LogP contribution in [0, 0.1) is 0 Å². The first-order valence-electron chi connectivity index (χ1n) is 9.93. The third kappa shape index (κ3) is 5.29. The Kier molecular flexibility index (Phi) is 8.89. The van der Waals surface area contributed by atoms with E-state index in [1.807, 2.05) is 13.0 Å². The van der Waals surface area contributed by atoms with E-state index in [0.29, 0.717) is 57.6 Å². The molecule has 0 aliphatic carbocycles. The lowest BCUT2D eigenvalue weighted by molar-refractivity contribution is -0.117. The van der Waals surface area contributed by atoms with Gasteiger partial charge in [0.25, 0.3) is 0 Å².